The first-order valence-electron chi connectivity index (χ1n) is 5.41. The molecule has 1 aliphatic rings. The first-order valence-corrected chi connectivity index (χ1v) is 5.41. The Morgan fingerprint density at radius 1 is 1.00 bits per heavy atom. The Labute approximate surface area is 83.5 Å². The second-order valence-electron chi connectivity index (χ2n) is 6.61. The van der Waals surface area contributed by atoms with E-state index in [1.54, 1.807) is 0 Å². The van der Waals surface area contributed by atoms with E-state index in [9.17, 15) is 0 Å². The fourth-order valence-corrected chi connectivity index (χ4v) is 2.71. The maximum Gasteiger partial charge on any atom is 0.0187 e. The minimum absolute atomic E-state index is 0.338. The third-order valence-electron chi connectivity index (χ3n) is 3.11. The third kappa shape index (κ3) is 2.07. The molecule has 13 heavy (non-hydrogen) atoms. The number of likely N-dealkylation sites (tertiary alicyclic amines) is 1. The van der Waals surface area contributed by atoms with Crippen molar-refractivity contribution in [2.24, 2.45) is 11.3 Å². The normalized spacial score (nSPS) is 31.6. The van der Waals surface area contributed by atoms with Crippen LogP contribution in [-0.4, -0.2) is 23.0 Å². The molecule has 2 atom stereocenters. The second kappa shape index (κ2) is 2.98. The Bertz CT molecular complexity index is 182. The fraction of sp³-hybridized carbons (Fsp3) is 1.00. The average Bonchev–Trinajstić information content (AvgIpc) is 1.75. The molecule has 0 amide bonds. The minimum atomic E-state index is 0.338. The van der Waals surface area contributed by atoms with Crippen molar-refractivity contribution in [1.29, 1.82) is 0 Å². The topological polar surface area (TPSA) is 3.24 Å². The van der Waals surface area contributed by atoms with Crippen LogP contribution in [0.25, 0.3) is 0 Å². The van der Waals surface area contributed by atoms with Gasteiger partial charge in [-0.1, -0.05) is 27.7 Å². The molecule has 0 saturated carbocycles. The van der Waals surface area contributed by atoms with Crippen LogP contribution in [0.3, 0.4) is 0 Å². The van der Waals surface area contributed by atoms with E-state index in [2.05, 4.69) is 53.4 Å². The van der Waals surface area contributed by atoms with Crippen LogP contribution >= 0.6 is 0 Å². The molecule has 2 unspecified atom stereocenters. The van der Waals surface area contributed by atoms with Crippen LogP contribution in [-0.2, 0) is 0 Å². The summed E-state index contributed by atoms with van der Waals surface area (Å²) in [4.78, 5) is 2.64. The summed E-state index contributed by atoms with van der Waals surface area (Å²) in [5.41, 5.74) is 0.759. The van der Waals surface area contributed by atoms with E-state index in [0.717, 1.165) is 12.0 Å². The summed E-state index contributed by atoms with van der Waals surface area (Å²) < 4.78 is 0. The lowest BCUT2D eigenvalue weighted by molar-refractivity contribution is -0.0975. The second-order valence-corrected chi connectivity index (χ2v) is 6.61. The zero-order valence-electron chi connectivity index (χ0n) is 10.3. The van der Waals surface area contributed by atoms with Gasteiger partial charge in [-0.2, -0.15) is 0 Å². The van der Waals surface area contributed by atoms with E-state index in [0.29, 0.717) is 11.0 Å². The van der Waals surface area contributed by atoms with E-state index in [4.69, 9.17) is 0 Å². The fourth-order valence-electron chi connectivity index (χ4n) is 2.71. The largest absolute Gasteiger partial charge is 0.294 e. The zero-order valence-corrected chi connectivity index (χ0v) is 10.3. The molecule has 0 aliphatic carbocycles. The number of hydrogen-bond donors (Lipinski definition) is 0. The van der Waals surface area contributed by atoms with Crippen molar-refractivity contribution < 1.29 is 0 Å². The van der Waals surface area contributed by atoms with Gasteiger partial charge in [-0.05, 0) is 32.1 Å². The molecule has 0 aromatic rings. The molecule has 0 spiro atoms. The molecule has 1 rings (SSSR count). The quantitative estimate of drug-likeness (QED) is 0.557. The van der Waals surface area contributed by atoms with Gasteiger partial charge in [0.25, 0.3) is 0 Å². The van der Waals surface area contributed by atoms with Crippen molar-refractivity contribution in [1.82, 2.24) is 4.90 Å². The van der Waals surface area contributed by atoms with Crippen LogP contribution in [0.5, 0.6) is 0 Å². The van der Waals surface area contributed by atoms with Gasteiger partial charge >= 0.3 is 0 Å². The highest BCUT2D eigenvalue weighted by Gasteiger charge is 2.47. The lowest BCUT2D eigenvalue weighted by Gasteiger charge is -2.59. The highest BCUT2D eigenvalue weighted by Crippen LogP contribution is 2.41. The molecule has 1 nitrogen and oxygen atoms in total. The van der Waals surface area contributed by atoms with Crippen molar-refractivity contribution in [2.75, 3.05) is 6.54 Å². The SMILES string of the molecule is CC1CN(C(C)(C)C)C1C(C)(C)C. The molecule has 0 bridgehead atoms. The molecule has 78 valence electrons. The van der Waals surface area contributed by atoms with E-state index < -0.39 is 0 Å². The maximum absolute atomic E-state index is 2.64. The Morgan fingerprint density at radius 3 is 1.62 bits per heavy atom. The number of hydrogen-bond acceptors (Lipinski definition) is 1. The van der Waals surface area contributed by atoms with Gasteiger partial charge in [-0.15, -0.1) is 0 Å². The van der Waals surface area contributed by atoms with Gasteiger partial charge in [0.05, 0.1) is 0 Å². The first kappa shape index (κ1) is 11.0. The van der Waals surface area contributed by atoms with Crippen molar-refractivity contribution >= 4 is 0 Å². The number of rotatable bonds is 0. The van der Waals surface area contributed by atoms with Crippen molar-refractivity contribution in [3.05, 3.63) is 0 Å². The van der Waals surface area contributed by atoms with Crippen LogP contribution in [0.15, 0.2) is 0 Å². The number of nitrogens with zero attached hydrogens (tertiary/aromatic N) is 1. The summed E-state index contributed by atoms with van der Waals surface area (Å²) in [6, 6.07) is 0.757. The van der Waals surface area contributed by atoms with Crippen LogP contribution in [0.2, 0.25) is 0 Å². The summed E-state index contributed by atoms with van der Waals surface area (Å²) in [5, 5.41) is 0. The van der Waals surface area contributed by atoms with E-state index >= 15 is 0 Å². The van der Waals surface area contributed by atoms with Gasteiger partial charge in [-0.3, -0.25) is 4.90 Å². The van der Waals surface area contributed by atoms with Gasteiger partial charge in [0.15, 0.2) is 0 Å². The molecule has 1 heteroatoms. The zero-order chi connectivity index (χ0) is 10.4. The molecule has 1 saturated heterocycles. The minimum Gasteiger partial charge on any atom is -0.294 e. The highest BCUT2D eigenvalue weighted by molar-refractivity contribution is 5.01. The summed E-state index contributed by atoms with van der Waals surface area (Å²) in [7, 11) is 0. The Hall–Kier alpha value is -0.0400. The molecule has 0 N–H and O–H groups in total. The summed E-state index contributed by atoms with van der Waals surface area (Å²) in [5.74, 6) is 0.860. The standard InChI is InChI=1S/C12H25N/c1-9-8-13(12(5,6)7)10(9)11(2,3)4/h9-10H,8H2,1-7H3. The van der Waals surface area contributed by atoms with Crippen LogP contribution in [0, 0.1) is 11.3 Å². The first-order chi connectivity index (χ1) is 5.64. The van der Waals surface area contributed by atoms with Gasteiger partial charge in [0, 0.05) is 18.1 Å². The molecule has 0 radical (unpaired) electrons. The van der Waals surface area contributed by atoms with Crippen molar-refractivity contribution in [3.63, 3.8) is 0 Å². The highest BCUT2D eigenvalue weighted by atomic mass is 15.3. The Balaban J connectivity index is 2.73. The Kier molecular flexibility index (Phi) is 2.53. The lowest BCUT2D eigenvalue weighted by Crippen LogP contribution is -2.66. The molecule has 1 fully saturated rings. The molecule has 1 aliphatic heterocycles. The average molecular weight is 183 g/mol. The van der Waals surface area contributed by atoms with Crippen LogP contribution < -0.4 is 0 Å². The predicted molar refractivity (Wildman–Crippen MR) is 58.9 cm³/mol. The summed E-state index contributed by atoms with van der Waals surface area (Å²) in [6.45, 7) is 17.7. The van der Waals surface area contributed by atoms with Crippen molar-refractivity contribution in [2.45, 2.75) is 60.0 Å². The molecular formula is C12H25N. The maximum atomic E-state index is 2.64. The molecule has 0 aromatic heterocycles. The van der Waals surface area contributed by atoms with Crippen LogP contribution in [0.1, 0.15) is 48.5 Å². The smallest absolute Gasteiger partial charge is 0.0187 e. The molecule has 1 heterocycles. The van der Waals surface area contributed by atoms with Crippen LogP contribution in [0.4, 0.5) is 0 Å². The molecule has 0 aromatic carbocycles. The van der Waals surface area contributed by atoms with E-state index in [-0.39, 0.29) is 0 Å². The summed E-state index contributed by atoms with van der Waals surface area (Å²) >= 11 is 0. The van der Waals surface area contributed by atoms with Gasteiger partial charge in [0.1, 0.15) is 0 Å². The predicted octanol–water partition coefficient (Wildman–Crippen LogP) is 3.15. The van der Waals surface area contributed by atoms with Gasteiger partial charge in [-0.25, -0.2) is 0 Å². The van der Waals surface area contributed by atoms with E-state index in [1.165, 1.54) is 6.54 Å². The van der Waals surface area contributed by atoms with E-state index in [1.807, 2.05) is 0 Å². The third-order valence-corrected chi connectivity index (χ3v) is 3.11. The monoisotopic (exact) mass is 183 g/mol. The van der Waals surface area contributed by atoms with Gasteiger partial charge < -0.3 is 0 Å². The summed E-state index contributed by atoms with van der Waals surface area (Å²) in [6.07, 6.45) is 0. The van der Waals surface area contributed by atoms with Crippen molar-refractivity contribution in [3.8, 4) is 0 Å². The molecular weight excluding hydrogens is 158 g/mol. The lowest BCUT2D eigenvalue weighted by atomic mass is 9.71. The Morgan fingerprint density at radius 2 is 1.46 bits per heavy atom. The van der Waals surface area contributed by atoms with Gasteiger partial charge in [0.2, 0.25) is 0 Å².